The van der Waals surface area contributed by atoms with Gasteiger partial charge in [0.1, 0.15) is 11.2 Å². The Bertz CT molecular complexity index is 1710. The second kappa shape index (κ2) is 5.46. The van der Waals surface area contributed by atoms with E-state index in [1.807, 2.05) is 17.4 Å². The van der Waals surface area contributed by atoms with Gasteiger partial charge < -0.3 is 0 Å². The van der Waals surface area contributed by atoms with E-state index in [1.165, 1.54) is 31.1 Å². The maximum Gasteiger partial charge on any atom is 0.150 e. The zero-order valence-corrected chi connectivity index (χ0v) is 16.2. The lowest BCUT2D eigenvalue weighted by molar-refractivity contribution is 1.10. The molecule has 0 amide bonds. The lowest BCUT2D eigenvalue weighted by Crippen LogP contribution is -1.97. The Morgan fingerprint density at radius 1 is 0.690 bits per heavy atom. The number of pyridine rings is 1. The molecule has 0 bridgehead atoms. The minimum absolute atomic E-state index is 0.971. The van der Waals surface area contributed by atoms with Crippen molar-refractivity contribution in [2.75, 3.05) is 0 Å². The molecule has 4 aromatic heterocycles. The Morgan fingerprint density at radius 2 is 1.48 bits per heavy atom. The number of para-hydroxylation sites is 1. The number of aromatic nitrogens is 3. The van der Waals surface area contributed by atoms with Crippen molar-refractivity contribution >= 4 is 59.2 Å². The van der Waals surface area contributed by atoms with Crippen LogP contribution >= 0.6 is 11.3 Å². The van der Waals surface area contributed by atoms with E-state index in [1.54, 1.807) is 0 Å². The molecule has 0 N–H and O–H groups in total. The second-order valence-electron chi connectivity index (χ2n) is 7.34. The lowest BCUT2D eigenvalue weighted by atomic mass is 10.1. The highest BCUT2D eigenvalue weighted by atomic mass is 32.1. The average Bonchev–Trinajstić information content (AvgIpc) is 3.42. The molecule has 0 radical (unpaired) electrons. The number of nitrogens with zero attached hydrogens (tertiary/aromatic N) is 3. The van der Waals surface area contributed by atoms with Gasteiger partial charge in [-0.3, -0.25) is 8.97 Å². The third-order valence-electron chi connectivity index (χ3n) is 5.74. The largest absolute Gasteiger partial charge is 0.294 e. The van der Waals surface area contributed by atoms with E-state index in [9.17, 15) is 0 Å². The van der Waals surface area contributed by atoms with E-state index in [4.69, 9.17) is 4.98 Å². The minimum atomic E-state index is 0.971. The van der Waals surface area contributed by atoms with Crippen molar-refractivity contribution in [3.8, 4) is 5.69 Å². The summed E-state index contributed by atoms with van der Waals surface area (Å²) in [6.45, 7) is 0. The summed E-state index contributed by atoms with van der Waals surface area (Å²) in [5, 5.41) is 3.81. The van der Waals surface area contributed by atoms with Crippen molar-refractivity contribution in [2.24, 2.45) is 0 Å². The van der Waals surface area contributed by atoms with Crippen LogP contribution < -0.4 is 0 Å². The summed E-state index contributed by atoms with van der Waals surface area (Å²) >= 11 is 1.85. The van der Waals surface area contributed by atoms with E-state index in [0.717, 1.165) is 22.5 Å². The number of hydrogen-bond acceptors (Lipinski definition) is 2. The smallest absolute Gasteiger partial charge is 0.150 e. The maximum atomic E-state index is 4.94. The zero-order valence-electron chi connectivity index (χ0n) is 15.4. The van der Waals surface area contributed by atoms with Crippen LogP contribution in [0.4, 0.5) is 0 Å². The van der Waals surface area contributed by atoms with Crippen LogP contribution in [0.25, 0.3) is 53.6 Å². The zero-order chi connectivity index (χ0) is 18.9. The van der Waals surface area contributed by atoms with Crippen LogP contribution in [-0.2, 0) is 0 Å². The van der Waals surface area contributed by atoms with Crippen LogP contribution in [-0.4, -0.2) is 14.0 Å². The van der Waals surface area contributed by atoms with Gasteiger partial charge in [0, 0.05) is 37.4 Å². The minimum Gasteiger partial charge on any atom is -0.294 e. The normalized spacial score (nSPS) is 12.1. The first-order chi connectivity index (χ1) is 14.4. The van der Waals surface area contributed by atoms with Crippen LogP contribution in [0.15, 0.2) is 91.1 Å². The van der Waals surface area contributed by atoms with Crippen LogP contribution in [0.3, 0.4) is 0 Å². The van der Waals surface area contributed by atoms with Gasteiger partial charge in [-0.15, -0.1) is 11.3 Å². The molecular formula is C25H15N3S. The fourth-order valence-corrected chi connectivity index (χ4v) is 5.56. The number of thiophene rings is 1. The quantitative estimate of drug-likeness (QED) is 0.303. The highest BCUT2D eigenvalue weighted by molar-refractivity contribution is 7.25. The van der Waals surface area contributed by atoms with Crippen molar-refractivity contribution in [2.45, 2.75) is 0 Å². The number of rotatable bonds is 1. The lowest BCUT2D eigenvalue weighted by Gasteiger charge is -2.08. The van der Waals surface area contributed by atoms with Gasteiger partial charge in [-0.2, -0.15) is 0 Å². The molecule has 4 heteroatoms. The maximum absolute atomic E-state index is 4.94. The van der Waals surface area contributed by atoms with Crippen LogP contribution in [0.5, 0.6) is 0 Å². The second-order valence-corrected chi connectivity index (χ2v) is 8.43. The molecule has 0 fully saturated rings. The van der Waals surface area contributed by atoms with Gasteiger partial charge in [0.05, 0.1) is 5.52 Å². The van der Waals surface area contributed by atoms with Crippen LogP contribution in [0, 0.1) is 0 Å². The Labute approximate surface area is 170 Å². The molecule has 136 valence electrons. The third-order valence-corrected chi connectivity index (χ3v) is 6.89. The van der Waals surface area contributed by atoms with Crippen LogP contribution in [0.2, 0.25) is 0 Å². The third kappa shape index (κ3) is 1.99. The predicted molar refractivity (Wildman–Crippen MR) is 122 cm³/mol. The molecule has 0 saturated heterocycles. The van der Waals surface area contributed by atoms with E-state index >= 15 is 0 Å². The highest BCUT2D eigenvalue weighted by Crippen LogP contribution is 2.37. The number of benzene rings is 3. The average molecular weight is 389 g/mol. The fraction of sp³-hybridized carbons (Fsp3) is 0. The number of hydrogen-bond donors (Lipinski definition) is 0. The van der Waals surface area contributed by atoms with Crippen molar-refractivity contribution in [3.05, 3.63) is 91.1 Å². The summed E-state index contributed by atoms with van der Waals surface area (Å²) in [4.78, 5) is 4.94. The van der Waals surface area contributed by atoms with Gasteiger partial charge in [0.2, 0.25) is 0 Å². The standard InChI is InChI=1S/C25H15N3S/c1-3-9-20-18(8-1)24-25(27-14-6-5-11-23(27)26-24)28(20)16-12-13-22-19(15-16)17-7-2-4-10-21(17)29-22/h1-15H. The molecule has 4 heterocycles. The molecule has 0 aliphatic rings. The van der Waals surface area contributed by atoms with E-state index in [0.29, 0.717) is 0 Å². The first-order valence-corrected chi connectivity index (χ1v) is 10.5. The van der Waals surface area contributed by atoms with Gasteiger partial charge in [-0.1, -0.05) is 42.5 Å². The Kier molecular flexibility index (Phi) is 2.88. The summed E-state index contributed by atoms with van der Waals surface area (Å²) in [7, 11) is 0. The summed E-state index contributed by atoms with van der Waals surface area (Å²) in [5.74, 6) is 0. The fourth-order valence-electron chi connectivity index (χ4n) is 4.47. The van der Waals surface area contributed by atoms with Gasteiger partial charge >= 0.3 is 0 Å². The summed E-state index contributed by atoms with van der Waals surface area (Å²) in [6, 6.07) is 30.2. The molecule has 7 rings (SSSR count). The molecule has 0 unspecified atom stereocenters. The van der Waals surface area contributed by atoms with Gasteiger partial charge in [-0.25, -0.2) is 4.98 Å². The summed E-state index contributed by atoms with van der Waals surface area (Å²) < 4.78 is 7.18. The monoisotopic (exact) mass is 389 g/mol. The molecule has 0 aliphatic heterocycles. The molecular weight excluding hydrogens is 374 g/mol. The molecule has 0 atom stereocenters. The first-order valence-electron chi connectivity index (χ1n) is 9.66. The van der Waals surface area contributed by atoms with Crippen molar-refractivity contribution in [1.82, 2.24) is 14.0 Å². The first kappa shape index (κ1) is 15.3. The van der Waals surface area contributed by atoms with Crippen molar-refractivity contribution in [3.63, 3.8) is 0 Å². The molecule has 0 aliphatic carbocycles. The van der Waals surface area contributed by atoms with E-state index in [-0.39, 0.29) is 0 Å². The SMILES string of the molecule is c1ccc2c(c1)sc1ccc(-n3c4ccccc4c4nc5ccccn5c43)cc12. The molecule has 3 aromatic carbocycles. The molecule has 29 heavy (non-hydrogen) atoms. The number of imidazole rings is 1. The summed E-state index contributed by atoms with van der Waals surface area (Å²) in [6.07, 6.45) is 2.10. The molecule has 7 aromatic rings. The van der Waals surface area contributed by atoms with Gasteiger partial charge in [0.25, 0.3) is 0 Å². The van der Waals surface area contributed by atoms with E-state index in [2.05, 4.69) is 94.0 Å². The molecule has 0 spiro atoms. The van der Waals surface area contributed by atoms with Gasteiger partial charge in [-0.05, 0) is 42.5 Å². The Hall–Kier alpha value is -3.63. The highest BCUT2D eigenvalue weighted by Gasteiger charge is 2.18. The number of fused-ring (bicyclic) bond motifs is 8. The van der Waals surface area contributed by atoms with Crippen molar-refractivity contribution in [1.29, 1.82) is 0 Å². The topological polar surface area (TPSA) is 22.2 Å². The van der Waals surface area contributed by atoms with Crippen molar-refractivity contribution < 1.29 is 0 Å². The Balaban J connectivity index is 1.67. The molecule has 3 nitrogen and oxygen atoms in total. The Morgan fingerprint density at radius 3 is 2.45 bits per heavy atom. The van der Waals surface area contributed by atoms with E-state index < -0.39 is 0 Å². The molecule has 0 saturated carbocycles. The predicted octanol–water partition coefficient (Wildman–Crippen LogP) is 6.80. The van der Waals surface area contributed by atoms with Crippen LogP contribution in [0.1, 0.15) is 0 Å². The van der Waals surface area contributed by atoms with Gasteiger partial charge in [0.15, 0.2) is 5.65 Å². The summed E-state index contributed by atoms with van der Waals surface area (Å²) in [5.41, 5.74) is 5.47.